The molecule has 0 aliphatic carbocycles. The molecule has 0 radical (unpaired) electrons. The normalized spacial score (nSPS) is 13.4. The molecule has 0 bridgehead atoms. The van der Waals surface area contributed by atoms with Gasteiger partial charge in [0.1, 0.15) is 13.2 Å². The number of hydrogen-bond acceptors (Lipinski definition) is 5. The SMILES string of the molecule is C=C(C)C(=O)OCCOC(=O)C1=CCNC=C1. The van der Waals surface area contributed by atoms with Gasteiger partial charge >= 0.3 is 11.9 Å². The fourth-order valence-electron chi connectivity index (χ4n) is 1.08. The molecule has 1 rings (SSSR count). The second kappa shape index (κ2) is 6.52. The lowest BCUT2D eigenvalue weighted by Gasteiger charge is -2.09. The van der Waals surface area contributed by atoms with Crippen LogP contribution >= 0.6 is 0 Å². The molecule has 0 aromatic heterocycles. The summed E-state index contributed by atoms with van der Waals surface area (Å²) < 4.78 is 9.69. The van der Waals surface area contributed by atoms with E-state index in [1.165, 1.54) is 0 Å². The Kier molecular flexibility index (Phi) is 5.00. The molecule has 0 aromatic carbocycles. The van der Waals surface area contributed by atoms with Crippen molar-refractivity contribution in [2.75, 3.05) is 19.8 Å². The highest BCUT2D eigenvalue weighted by Crippen LogP contribution is 2.03. The average Bonchev–Trinajstić information content (AvgIpc) is 2.35. The summed E-state index contributed by atoms with van der Waals surface area (Å²) in [7, 11) is 0. The Hall–Kier alpha value is -2.04. The van der Waals surface area contributed by atoms with Crippen LogP contribution in [0.2, 0.25) is 0 Å². The summed E-state index contributed by atoms with van der Waals surface area (Å²) in [5, 5.41) is 2.92. The Morgan fingerprint density at radius 3 is 2.71 bits per heavy atom. The maximum atomic E-state index is 11.4. The lowest BCUT2D eigenvalue weighted by Crippen LogP contribution is -2.17. The molecule has 1 N–H and O–H groups in total. The summed E-state index contributed by atoms with van der Waals surface area (Å²) in [5.41, 5.74) is 0.815. The van der Waals surface area contributed by atoms with Crippen LogP contribution in [0.15, 0.2) is 36.1 Å². The summed E-state index contributed by atoms with van der Waals surface area (Å²) in [6, 6.07) is 0. The maximum absolute atomic E-state index is 11.4. The Bertz CT molecular complexity index is 382. The van der Waals surface area contributed by atoms with Gasteiger partial charge in [0.15, 0.2) is 0 Å². The molecule has 0 aromatic rings. The van der Waals surface area contributed by atoms with Gasteiger partial charge in [0.25, 0.3) is 0 Å². The zero-order chi connectivity index (χ0) is 12.7. The van der Waals surface area contributed by atoms with Crippen molar-refractivity contribution >= 4 is 11.9 Å². The zero-order valence-electron chi connectivity index (χ0n) is 9.69. The quantitative estimate of drug-likeness (QED) is 0.433. The van der Waals surface area contributed by atoms with E-state index in [1.54, 1.807) is 25.3 Å². The topological polar surface area (TPSA) is 64.6 Å². The molecular weight excluding hydrogens is 222 g/mol. The largest absolute Gasteiger partial charge is 0.459 e. The summed E-state index contributed by atoms with van der Waals surface area (Å²) in [6.07, 6.45) is 5.03. The first kappa shape index (κ1) is 13.0. The van der Waals surface area contributed by atoms with E-state index in [0.29, 0.717) is 17.7 Å². The molecule has 0 atom stereocenters. The van der Waals surface area contributed by atoms with Gasteiger partial charge in [-0.3, -0.25) is 0 Å². The minimum atomic E-state index is -0.484. The Labute approximate surface area is 99.8 Å². The molecule has 5 nitrogen and oxygen atoms in total. The fourth-order valence-corrected chi connectivity index (χ4v) is 1.08. The number of ether oxygens (including phenoxy) is 2. The van der Waals surface area contributed by atoms with Gasteiger partial charge in [-0.25, -0.2) is 9.59 Å². The Morgan fingerprint density at radius 2 is 2.12 bits per heavy atom. The van der Waals surface area contributed by atoms with E-state index in [2.05, 4.69) is 11.9 Å². The van der Waals surface area contributed by atoms with Crippen LogP contribution in [0.4, 0.5) is 0 Å². The van der Waals surface area contributed by atoms with Crippen LogP contribution in [0.1, 0.15) is 6.92 Å². The molecule has 0 saturated heterocycles. The van der Waals surface area contributed by atoms with Crippen molar-refractivity contribution < 1.29 is 19.1 Å². The molecule has 92 valence electrons. The van der Waals surface area contributed by atoms with E-state index in [-0.39, 0.29) is 13.2 Å². The fraction of sp³-hybridized carbons (Fsp3) is 0.333. The average molecular weight is 237 g/mol. The molecule has 0 saturated carbocycles. The second-order valence-electron chi connectivity index (χ2n) is 3.45. The smallest absolute Gasteiger partial charge is 0.338 e. The van der Waals surface area contributed by atoms with Gasteiger partial charge in [-0.1, -0.05) is 12.7 Å². The minimum absolute atomic E-state index is 0.0344. The van der Waals surface area contributed by atoms with E-state index in [4.69, 9.17) is 9.47 Å². The van der Waals surface area contributed by atoms with Gasteiger partial charge in [-0.05, 0) is 19.2 Å². The van der Waals surface area contributed by atoms with Gasteiger partial charge in [-0.2, -0.15) is 0 Å². The van der Waals surface area contributed by atoms with Crippen molar-refractivity contribution in [2.45, 2.75) is 6.92 Å². The predicted octanol–water partition coefficient (Wildman–Crippen LogP) is 0.692. The van der Waals surface area contributed by atoms with Crippen LogP contribution < -0.4 is 5.32 Å². The number of esters is 2. The van der Waals surface area contributed by atoms with Gasteiger partial charge in [0.05, 0.1) is 5.57 Å². The molecule has 1 heterocycles. The van der Waals surface area contributed by atoms with Gasteiger partial charge < -0.3 is 14.8 Å². The van der Waals surface area contributed by atoms with Gasteiger partial charge in [0.2, 0.25) is 0 Å². The Balaban J connectivity index is 2.21. The zero-order valence-corrected chi connectivity index (χ0v) is 9.69. The molecule has 0 amide bonds. The van der Waals surface area contributed by atoms with Gasteiger partial charge in [-0.15, -0.1) is 0 Å². The summed E-state index contributed by atoms with van der Waals surface area (Å²) >= 11 is 0. The standard InChI is InChI=1S/C12H15NO4/c1-9(2)11(14)16-7-8-17-12(15)10-3-5-13-6-4-10/h3-5,13H,1,6-8H2,2H3. The van der Waals surface area contributed by atoms with Crippen molar-refractivity contribution in [3.05, 3.63) is 36.1 Å². The van der Waals surface area contributed by atoms with E-state index < -0.39 is 11.9 Å². The predicted molar refractivity (Wildman–Crippen MR) is 62.0 cm³/mol. The molecule has 0 spiro atoms. The van der Waals surface area contributed by atoms with E-state index >= 15 is 0 Å². The first-order valence-electron chi connectivity index (χ1n) is 5.21. The number of dihydropyridines is 1. The highest BCUT2D eigenvalue weighted by molar-refractivity contribution is 5.91. The molecule has 17 heavy (non-hydrogen) atoms. The summed E-state index contributed by atoms with van der Waals surface area (Å²) in [4.78, 5) is 22.4. The number of carbonyl (C=O) groups is 2. The van der Waals surface area contributed by atoms with Gasteiger partial charge in [0, 0.05) is 12.1 Å². The van der Waals surface area contributed by atoms with E-state index in [9.17, 15) is 9.59 Å². The van der Waals surface area contributed by atoms with E-state index in [1.807, 2.05) is 0 Å². The number of carbonyl (C=O) groups excluding carboxylic acids is 2. The molecule has 0 fully saturated rings. The van der Waals surface area contributed by atoms with Crippen LogP contribution in [0.3, 0.4) is 0 Å². The third-order valence-corrected chi connectivity index (χ3v) is 1.95. The van der Waals surface area contributed by atoms with Crippen molar-refractivity contribution in [3.8, 4) is 0 Å². The Morgan fingerprint density at radius 1 is 1.41 bits per heavy atom. The van der Waals surface area contributed by atoms with Crippen molar-refractivity contribution in [1.82, 2.24) is 5.32 Å². The number of rotatable bonds is 5. The lowest BCUT2D eigenvalue weighted by molar-refractivity contribution is -0.147. The number of nitrogens with one attached hydrogen (secondary N) is 1. The highest BCUT2D eigenvalue weighted by atomic mass is 16.6. The van der Waals surface area contributed by atoms with Crippen molar-refractivity contribution in [3.63, 3.8) is 0 Å². The molecule has 5 heteroatoms. The summed E-state index contributed by atoms with van der Waals surface area (Å²) in [6.45, 7) is 5.66. The van der Waals surface area contributed by atoms with Crippen LogP contribution in [-0.4, -0.2) is 31.7 Å². The molecule has 0 unspecified atom stereocenters. The highest BCUT2D eigenvalue weighted by Gasteiger charge is 2.10. The monoisotopic (exact) mass is 237 g/mol. The van der Waals surface area contributed by atoms with Crippen LogP contribution in [-0.2, 0) is 19.1 Å². The minimum Gasteiger partial charge on any atom is -0.459 e. The van der Waals surface area contributed by atoms with Crippen LogP contribution in [0, 0.1) is 0 Å². The van der Waals surface area contributed by atoms with Crippen molar-refractivity contribution in [2.24, 2.45) is 0 Å². The number of hydrogen-bond donors (Lipinski definition) is 1. The van der Waals surface area contributed by atoms with Crippen molar-refractivity contribution in [1.29, 1.82) is 0 Å². The van der Waals surface area contributed by atoms with E-state index in [0.717, 1.165) is 0 Å². The lowest BCUT2D eigenvalue weighted by atomic mass is 10.2. The summed E-state index contributed by atoms with van der Waals surface area (Å²) in [5.74, 6) is -0.906. The van der Waals surface area contributed by atoms with Crippen LogP contribution in [0.25, 0.3) is 0 Å². The third-order valence-electron chi connectivity index (χ3n) is 1.95. The third kappa shape index (κ3) is 4.55. The molecule has 1 aliphatic rings. The van der Waals surface area contributed by atoms with Crippen LogP contribution in [0.5, 0.6) is 0 Å². The molecule has 1 aliphatic heterocycles. The maximum Gasteiger partial charge on any atom is 0.338 e. The first-order valence-corrected chi connectivity index (χ1v) is 5.21. The molecular formula is C12H15NO4. The first-order chi connectivity index (χ1) is 8.11. The second-order valence-corrected chi connectivity index (χ2v) is 3.45.